The number of nitrogens with one attached hydrogen (secondary N) is 2. The minimum Gasteiger partial charge on any atom is -0.465 e. The molecule has 0 bridgehead atoms. The molecule has 1 aromatic carbocycles. The first-order valence-corrected chi connectivity index (χ1v) is 8.07. The van der Waals surface area contributed by atoms with Crippen LogP contribution in [0, 0.1) is 13.8 Å². The largest absolute Gasteiger partial charge is 0.465 e. The van der Waals surface area contributed by atoms with E-state index in [1.807, 2.05) is 6.92 Å². The zero-order valence-corrected chi connectivity index (χ0v) is 13.8. The summed E-state index contributed by atoms with van der Waals surface area (Å²) in [6.45, 7) is 5.61. The van der Waals surface area contributed by atoms with Crippen molar-refractivity contribution in [2.24, 2.45) is 0 Å². The maximum atomic E-state index is 12.4. The lowest BCUT2D eigenvalue weighted by Gasteiger charge is -2.15. The van der Waals surface area contributed by atoms with Crippen LogP contribution in [0.25, 0.3) is 0 Å². The van der Waals surface area contributed by atoms with Crippen LogP contribution in [0.5, 0.6) is 0 Å². The van der Waals surface area contributed by atoms with Crippen molar-refractivity contribution in [3.8, 4) is 0 Å². The molecule has 1 aromatic rings. The molecule has 2 N–H and O–H groups in total. The number of likely N-dealkylation sites (N-methyl/N-ethyl adjacent to an activating group) is 1. The molecule has 7 heteroatoms. The van der Waals surface area contributed by atoms with Crippen LogP contribution in [0.3, 0.4) is 0 Å². The Morgan fingerprint density at radius 2 is 1.95 bits per heavy atom. The topological polar surface area (TPSA) is 84.5 Å². The standard InChI is InChI=1S/C14H22N2O4S/c1-9-6-12(14(17)20-5)7-13(11(9)3)21(18,19)16-8-10(2)15-4/h6-7,10,15-16H,8H2,1-5H3. The van der Waals surface area contributed by atoms with E-state index in [4.69, 9.17) is 0 Å². The van der Waals surface area contributed by atoms with Gasteiger partial charge in [0.25, 0.3) is 0 Å². The van der Waals surface area contributed by atoms with Gasteiger partial charge in [-0.25, -0.2) is 17.9 Å². The van der Waals surface area contributed by atoms with Crippen LogP contribution in [0.15, 0.2) is 17.0 Å². The number of carbonyl (C=O) groups excluding carboxylic acids is 1. The number of hydrogen-bond acceptors (Lipinski definition) is 5. The number of ether oxygens (including phenoxy) is 1. The number of carbonyl (C=O) groups is 1. The van der Waals surface area contributed by atoms with Gasteiger partial charge in [0, 0.05) is 12.6 Å². The smallest absolute Gasteiger partial charge is 0.337 e. The molecule has 0 aromatic heterocycles. The summed E-state index contributed by atoms with van der Waals surface area (Å²) in [6.07, 6.45) is 0. The number of rotatable bonds is 6. The van der Waals surface area contributed by atoms with E-state index in [0.29, 0.717) is 5.56 Å². The Morgan fingerprint density at radius 3 is 2.48 bits per heavy atom. The summed E-state index contributed by atoms with van der Waals surface area (Å²) in [5.41, 5.74) is 1.56. The predicted octanol–water partition coefficient (Wildman–Crippen LogP) is 0.976. The summed E-state index contributed by atoms with van der Waals surface area (Å²) in [5, 5.41) is 2.95. The Labute approximate surface area is 125 Å². The van der Waals surface area contributed by atoms with E-state index in [1.165, 1.54) is 13.2 Å². The maximum Gasteiger partial charge on any atom is 0.337 e. The molecule has 0 fully saturated rings. The van der Waals surface area contributed by atoms with E-state index in [1.54, 1.807) is 27.0 Å². The Bertz CT molecular complexity index is 626. The molecule has 118 valence electrons. The van der Waals surface area contributed by atoms with Crippen LogP contribution >= 0.6 is 0 Å². The highest BCUT2D eigenvalue weighted by molar-refractivity contribution is 7.89. The Morgan fingerprint density at radius 1 is 1.33 bits per heavy atom. The molecule has 0 radical (unpaired) electrons. The molecule has 0 aliphatic heterocycles. The van der Waals surface area contributed by atoms with Gasteiger partial charge in [0.1, 0.15) is 0 Å². The lowest BCUT2D eigenvalue weighted by molar-refractivity contribution is 0.0600. The van der Waals surface area contributed by atoms with Gasteiger partial charge in [-0.3, -0.25) is 0 Å². The predicted molar refractivity (Wildman–Crippen MR) is 81.0 cm³/mol. The second-order valence-electron chi connectivity index (χ2n) is 4.95. The molecule has 0 aliphatic rings. The van der Waals surface area contributed by atoms with Gasteiger partial charge >= 0.3 is 5.97 Å². The summed E-state index contributed by atoms with van der Waals surface area (Å²) in [5.74, 6) is -0.557. The average molecular weight is 314 g/mol. The molecule has 0 aliphatic carbocycles. The van der Waals surface area contributed by atoms with E-state index in [0.717, 1.165) is 5.56 Å². The molecular formula is C14H22N2O4S. The second kappa shape index (κ2) is 7.02. The number of methoxy groups -OCH3 is 1. The third-order valence-electron chi connectivity index (χ3n) is 3.40. The molecule has 1 atom stereocenters. The highest BCUT2D eigenvalue weighted by Crippen LogP contribution is 2.21. The van der Waals surface area contributed by atoms with Gasteiger partial charge in [0.05, 0.1) is 17.6 Å². The fraction of sp³-hybridized carbons (Fsp3) is 0.500. The number of esters is 1. The van der Waals surface area contributed by atoms with Crippen LogP contribution in [0.4, 0.5) is 0 Å². The van der Waals surface area contributed by atoms with Gasteiger partial charge in [-0.1, -0.05) is 0 Å². The van der Waals surface area contributed by atoms with E-state index >= 15 is 0 Å². The van der Waals surface area contributed by atoms with Crippen molar-refractivity contribution in [2.45, 2.75) is 31.7 Å². The molecule has 1 unspecified atom stereocenters. The summed E-state index contributed by atoms with van der Waals surface area (Å²) in [4.78, 5) is 11.7. The SMILES string of the molecule is CNC(C)CNS(=O)(=O)c1cc(C(=O)OC)cc(C)c1C. The van der Waals surface area contributed by atoms with Gasteiger partial charge in [-0.15, -0.1) is 0 Å². The van der Waals surface area contributed by atoms with Crippen LogP contribution < -0.4 is 10.0 Å². The van der Waals surface area contributed by atoms with Crippen molar-refractivity contribution >= 4 is 16.0 Å². The van der Waals surface area contributed by atoms with Crippen molar-refractivity contribution in [2.75, 3.05) is 20.7 Å². The van der Waals surface area contributed by atoms with Crippen molar-refractivity contribution in [3.63, 3.8) is 0 Å². The minimum atomic E-state index is -3.68. The van der Waals surface area contributed by atoms with Gasteiger partial charge in [-0.2, -0.15) is 0 Å². The zero-order valence-electron chi connectivity index (χ0n) is 13.0. The molecule has 1 rings (SSSR count). The highest BCUT2D eigenvalue weighted by Gasteiger charge is 2.21. The molecule has 0 amide bonds. The van der Waals surface area contributed by atoms with E-state index < -0.39 is 16.0 Å². The number of benzene rings is 1. The van der Waals surface area contributed by atoms with Gasteiger partial charge < -0.3 is 10.1 Å². The molecular weight excluding hydrogens is 292 g/mol. The third-order valence-corrected chi connectivity index (χ3v) is 4.95. The lowest BCUT2D eigenvalue weighted by Crippen LogP contribution is -2.37. The Hall–Kier alpha value is -1.44. The molecule has 0 saturated heterocycles. The van der Waals surface area contributed by atoms with Crippen molar-refractivity contribution in [3.05, 3.63) is 28.8 Å². The highest BCUT2D eigenvalue weighted by atomic mass is 32.2. The van der Waals surface area contributed by atoms with Gasteiger partial charge in [0.2, 0.25) is 10.0 Å². The Balaban J connectivity index is 3.22. The first kappa shape index (κ1) is 17.6. The molecule has 0 heterocycles. The molecule has 6 nitrogen and oxygen atoms in total. The average Bonchev–Trinajstić information content (AvgIpc) is 2.46. The zero-order chi connectivity index (χ0) is 16.2. The minimum absolute atomic E-state index is 0.00460. The molecule has 0 spiro atoms. The number of sulfonamides is 1. The van der Waals surface area contributed by atoms with E-state index in [2.05, 4.69) is 14.8 Å². The maximum absolute atomic E-state index is 12.4. The molecule has 0 saturated carbocycles. The third kappa shape index (κ3) is 4.26. The first-order chi connectivity index (χ1) is 9.72. The first-order valence-electron chi connectivity index (χ1n) is 6.59. The van der Waals surface area contributed by atoms with Crippen LogP contribution in [-0.4, -0.2) is 41.1 Å². The van der Waals surface area contributed by atoms with Gasteiger partial charge in [0.15, 0.2) is 0 Å². The van der Waals surface area contributed by atoms with Crippen molar-refractivity contribution in [1.29, 1.82) is 0 Å². The lowest BCUT2D eigenvalue weighted by atomic mass is 10.1. The van der Waals surface area contributed by atoms with Gasteiger partial charge in [-0.05, 0) is 51.1 Å². The van der Waals surface area contributed by atoms with Crippen molar-refractivity contribution in [1.82, 2.24) is 10.0 Å². The van der Waals surface area contributed by atoms with E-state index in [9.17, 15) is 13.2 Å². The second-order valence-corrected chi connectivity index (χ2v) is 6.68. The summed E-state index contributed by atoms with van der Waals surface area (Å²) < 4.78 is 32.0. The van der Waals surface area contributed by atoms with Crippen LogP contribution in [0.1, 0.15) is 28.4 Å². The number of aryl methyl sites for hydroxylation is 1. The quantitative estimate of drug-likeness (QED) is 0.765. The summed E-state index contributed by atoms with van der Waals surface area (Å²) in [6, 6.07) is 2.97. The fourth-order valence-electron chi connectivity index (χ4n) is 1.76. The summed E-state index contributed by atoms with van der Waals surface area (Å²) >= 11 is 0. The van der Waals surface area contributed by atoms with Crippen molar-refractivity contribution < 1.29 is 17.9 Å². The van der Waals surface area contributed by atoms with Crippen LogP contribution in [-0.2, 0) is 14.8 Å². The van der Waals surface area contributed by atoms with Crippen LogP contribution in [0.2, 0.25) is 0 Å². The van der Waals surface area contributed by atoms with E-state index in [-0.39, 0.29) is 23.0 Å². The summed E-state index contributed by atoms with van der Waals surface area (Å²) in [7, 11) is -0.662. The Kier molecular flexibility index (Phi) is 5.88. The normalized spacial score (nSPS) is 13.0. The molecule has 21 heavy (non-hydrogen) atoms. The number of hydrogen-bond donors (Lipinski definition) is 2. The monoisotopic (exact) mass is 314 g/mol. The fourth-order valence-corrected chi connectivity index (χ4v) is 3.23.